The van der Waals surface area contributed by atoms with Gasteiger partial charge >= 0.3 is 0 Å². The van der Waals surface area contributed by atoms with Crippen LogP contribution in [0.4, 0.5) is 0 Å². The first-order valence-corrected chi connectivity index (χ1v) is 7.27. The predicted molar refractivity (Wildman–Crippen MR) is 77.5 cm³/mol. The summed E-state index contributed by atoms with van der Waals surface area (Å²) in [6, 6.07) is 7.27. The van der Waals surface area contributed by atoms with Crippen LogP contribution in [0.25, 0.3) is 0 Å². The van der Waals surface area contributed by atoms with Crippen molar-refractivity contribution in [1.29, 1.82) is 0 Å². The van der Waals surface area contributed by atoms with E-state index < -0.39 is 6.10 Å². The van der Waals surface area contributed by atoms with Crippen molar-refractivity contribution in [2.45, 2.75) is 38.2 Å². The molecule has 1 atom stereocenters. The van der Waals surface area contributed by atoms with Gasteiger partial charge in [-0.15, -0.1) is 0 Å². The Balaban J connectivity index is 1.78. The van der Waals surface area contributed by atoms with Gasteiger partial charge in [-0.25, -0.2) is 0 Å². The normalized spacial score (nSPS) is 16.9. The van der Waals surface area contributed by atoms with Crippen molar-refractivity contribution in [2.24, 2.45) is 5.92 Å². The Labute approximate surface area is 120 Å². The highest BCUT2D eigenvalue weighted by Crippen LogP contribution is 2.27. The quantitative estimate of drug-likeness (QED) is 0.839. The number of carbonyl (C=O) groups excluding carboxylic acids is 1. The predicted octanol–water partition coefficient (Wildman–Crippen LogP) is 2.43. The first-order valence-electron chi connectivity index (χ1n) is 7.27. The fourth-order valence-corrected chi connectivity index (χ4v) is 2.73. The first-order chi connectivity index (χ1) is 9.69. The lowest BCUT2D eigenvalue weighted by atomic mass is 10.0. The molecule has 0 aliphatic heterocycles. The summed E-state index contributed by atoms with van der Waals surface area (Å²) in [5, 5.41) is 12.9. The summed E-state index contributed by atoms with van der Waals surface area (Å²) in [6.45, 7) is 0.249. The Bertz CT molecular complexity index is 441. The number of hydrogen-bond acceptors (Lipinski definition) is 3. The van der Waals surface area contributed by atoms with E-state index in [4.69, 9.17) is 4.74 Å². The monoisotopic (exact) mass is 277 g/mol. The molecule has 1 aliphatic carbocycles. The van der Waals surface area contributed by atoms with Crippen LogP contribution in [0.2, 0.25) is 0 Å². The summed E-state index contributed by atoms with van der Waals surface area (Å²) in [7, 11) is 1.59. The number of ether oxygens (including phenoxy) is 1. The van der Waals surface area contributed by atoms with E-state index in [1.54, 1.807) is 13.2 Å². The zero-order valence-corrected chi connectivity index (χ0v) is 12.0. The van der Waals surface area contributed by atoms with Gasteiger partial charge < -0.3 is 15.2 Å². The highest BCUT2D eigenvalue weighted by atomic mass is 16.5. The molecule has 0 bridgehead atoms. The average Bonchev–Trinajstić information content (AvgIpc) is 2.97. The topological polar surface area (TPSA) is 58.6 Å². The van der Waals surface area contributed by atoms with Crippen molar-refractivity contribution in [3.8, 4) is 5.75 Å². The Hall–Kier alpha value is -1.55. The van der Waals surface area contributed by atoms with Crippen LogP contribution in [0, 0.1) is 5.92 Å². The second-order valence-electron chi connectivity index (χ2n) is 5.45. The smallest absolute Gasteiger partial charge is 0.220 e. The SMILES string of the molecule is COc1cccc(C(O)CNC(=O)CC2CCCC2)c1. The molecule has 0 spiro atoms. The van der Waals surface area contributed by atoms with Gasteiger partial charge in [0, 0.05) is 13.0 Å². The molecule has 4 heteroatoms. The molecule has 110 valence electrons. The number of benzene rings is 1. The van der Waals surface area contributed by atoms with Gasteiger partial charge in [0.25, 0.3) is 0 Å². The fraction of sp³-hybridized carbons (Fsp3) is 0.562. The van der Waals surface area contributed by atoms with Gasteiger partial charge in [0.05, 0.1) is 13.2 Å². The van der Waals surface area contributed by atoms with Gasteiger partial charge in [-0.3, -0.25) is 4.79 Å². The van der Waals surface area contributed by atoms with Crippen LogP contribution in [0.15, 0.2) is 24.3 Å². The summed E-state index contributed by atoms with van der Waals surface area (Å²) in [5.41, 5.74) is 0.755. The molecule has 0 radical (unpaired) electrons. The van der Waals surface area contributed by atoms with Gasteiger partial charge in [-0.05, 0) is 36.5 Å². The van der Waals surface area contributed by atoms with E-state index >= 15 is 0 Å². The summed E-state index contributed by atoms with van der Waals surface area (Å²) in [6.07, 6.45) is 4.69. The van der Waals surface area contributed by atoms with Crippen molar-refractivity contribution in [3.05, 3.63) is 29.8 Å². The highest BCUT2D eigenvalue weighted by molar-refractivity contribution is 5.76. The van der Waals surface area contributed by atoms with Crippen molar-refractivity contribution in [1.82, 2.24) is 5.32 Å². The van der Waals surface area contributed by atoms with E-state index in [2.05, 4.69) is 5.32 Å². The molecule has 1 aromatic rings. The number of rotatable bonds is 6. The summed E-state index contributed by atoms with van der Waals surface area (Å²) < 4.78 is 5.12. The maximum absolute atomic E-state index is 11.8. The lowest BCUT2D eigenvalue weighted by molar-refractivity contribution is -0.122. The maximum Gasteiger partial charge on any atom is 0.220 e. The minimum absolute atomic E-state index is 0.0406. The molecule has 2 N–H and O–H groups in total. The Morgan fingerprint density at radius 1 is 1.45 bits per heavy atom. The molecular formula is C16H23NO3. The fourth-order valence-electron chi connectivity index (χ4n) is 2.73. The number of nitrogens with one attached hydrogen (secondary N) is 1. The maximum atomic E-state index is 11.8. The molecule has 1 amide bonds. The standard InChI is InChI=1S/C16H23NO3/c1-20-14-8-4-7-13(10-14)15(18)11-17-16(19)9-12-5-2-3-6-12/h4,7-8,10,12,15,18H,2-3,5-6,9,11H2,1H3,(H,17,19). The van der Waals surface area contributed by atoms with E-state index in [0.29, 0.717) is 18.1 Å². The first kappa shape index (κ1) is 14.9. The van der Waals surface area contributed by atoms with Gasteiger partial charge in [0.2, 0.25) is 5.91 Å². The van der Waals surface area contributed by atoms with Gasteiger partial charge in [-0.2, -0.15) is 0 Å². The highest BCUT2D eigenvalue weighted by Gasteiger charge is 2.19. The third kappa shape index (κ3) is 4.23. The number of carbonyl (C=O) groups is 1. The molecule has 1 aliphatic rings. The molecule has 4 nitrogen and oxygen atoms in total. The van der Waals surface area contributed by atoms with Crippen LogP contribution in [0.1, 0.15) is 43.8 Å². The summed E-state index contributed by atoms with van der Waals surface area (Å²) in [5.74, 6) is 1.28. The Kier molecular flexibility index (Phi) is 5.41. The van der Waals surface area contributed by atoms with Crippen molar-refractivity contribution in [2.75, 3.05) is 13.7 Å². The van der Waals surface area contributed by atoms with E-state index in [9.17, 15) is 9.90 Å². The molecule has 1 unspecified atom stereocenters. The van der Waals surface area contributed by atoms with Crippen molar-refractivity contribution < 1.29 is 14.6 Å². The molecular weight excluding hydrogens is 254 g/mol. The molecule has 0 heterocycles. The molecule has 2 rings (SSSR count). The number of amides is 1. The molecule has 1 fully saturated rings. The zero-order chi connectivity index (χ0) is 14.4. The minimum Gasteiger partial charge on any atom is -0.497 e. The van der Waals surface area contributed by atoms with Crippen molar-refractivity contribution in [3.63, 3.8) is 0 Å². The zero-order valence-electron chi connectivity index (χ0n) is 12.0. The van der Waals surface area contributed by atoms with Gasteiger partial charge in [0.15, 0.2) is 0 Å². The lowest BCUT2D eigenvalue weighted by Crippen LogP contribution is -2.29. The minimum atomic E-state index is -0.697. The van der Waals surface area contributed by atoms with Crippen LogP contribution in [0.5, 0.6) is 5.75 Å². The molecule has 1 aromatic carbocycles. The van der Waals surface area contributed by atoms with Crippen LogP contribution >= 0.6 is 0 Å². The van der Waals surface area contributed by atoms with Crippen LogP contribution in [-0.4, -0.2) is 24.7 Å². The Morgan fingerprint density at radius 2 is 2.20 bits per heavy atom. The van der Waals surface area contributed by atoms with E-state index in [-0.39, 0.29) is 12.5 Å². The molecule has 20 heavy (non-hydrogen) atoms. The number of aliphatic hydroxyl groups is 1. The average molecular weight is 277 g/mol. The lowest BCUT2D eigenvalue weighted by Gasteiger charge is -2.14. The third-order valence-corrected chi connectivity index (χ3v) is 3.92. The molecule has 1 saturated carbocycles. The largest absolute Gasteiger partial charge is 0.497 e. The van der Waals surface area contributed by atoms with Crippen LogP contribution in [-0.2, 0) is 4.79 Å². The third-order valence-electron chi connectivity index (χ3n) is 3.92. The van der Waals surface area contributed by atoms with Crippen LogP contribution < -0.4 is 10.1 Å². The van der Waals surface area contributed by atoms with E-state index in [1.807, 2.05) is 18.2 Å². The molecule has 0 aromatic heterocycles. The van der Waals surface area contributed by atoms with E-state index in [1.165, 1.54) is 12.8 Å². The van der Waals surface area contributed by atoms with Crippen LogP contribution in [0.3, 0.4) is 0 Å². The van der Waals surface area contributed by atoms with Gasteiger partial charge in [-0.1, -0.05) is 25.0 Å². The second kappa shape index (κ2) is 7.29. The number of hydrogen-bond donors (Lipinski definition) is 2. The van der Waals surface area contributed by atoms with Crippen molar-refractivity contribution >= 4 is 5.91 Å². The molecule has 0 saturated heterocycles. The summed E-state index contributed by atoms with van der Waals surface area (Å²) in [4.78, 5) is 11.8. The summed E-state index contributed by atoms with van der Waals surface area (Å²) >= 11 is 0. The Morgan fingerprint density at radius 3 is 2.90 bits per heavy atom. The number of aliphatic hydroxyl groups excluding tert-OH is 1. The second-order valence-corrected chi connectivity index (χ2v) is 5.45. The van der Waals surface area contributed by atoms with Gasteiger partial charge in [0.1, 0.15) is 5.75 Å². The number of methoxy groups -OCH3 is 1. The van der Waals surface area contributed by atoms with E-state index in [0.717, 1.165) is 18.4 Å².